The lowest BCUT2D eigenvalue weighted by atomic mass is 9.80. The van der Waals surface area contributed by atoms with E-state index < -0.39 is 10.1 Å². The van der Waals surface area contributed by atoms with E-state index in [4.69, 9.17) is 4.18 Å². The van der Waals surface area contributed by atoms with E-state index in [9.17, 15) is 12.8 Å². The van der Waals surface area contributed by atoms with Gasteiger partial charge in [-0.05, 0) is 49.1 Å². The molecule has 27 heavy (non-hydrogen) atoms. The Bertz CT molecular complexity index is 839. The Morgan fingerprint density at radius 1 is 1.15 bits per heavy atom. The van der Waals surface area contributed by atoms with Crippen LogP contribution in [-0.4, -0.2) is 39.3 Å². The van der Waals surface area contributed by atoms with E-state index in [0.29, 0.717) is 0 Å². The molecule has 2 aromatic carbocycles. The molecule has 0 N–H and O–H groups in total. The predicted molar refractivity (Wildman–Crippen MR) is 104 cm³/mol. The molecule has 3 rings (SSSR count). The van der Waals surface area contributed by atoms with Crippen LogP contribution in [0.5, 0.6) is 0 Å². The van der Waals surface area contributed by atoms with Gasteiger partial charge in [0.05, 0.1) is 12.9 Å². The summed E-state index contributed by atoms with van der Waals surface area (Å²) in [4.78, 5) is 2.37. The van der Waals surface area contributed by atoms with Crippen LogP contribution in [-0.2, 0) is 14.3 Å². The molecule has 1 aliphatic rings. The minimum absolute atomic E-state index is 0.0186. The topological polar surface area (TPSA) is 46.6 Å². The molecule has 0 saturated carbocycles. The monoisotopic (exact) mass is 391 g/mol. The van der Waals surface area contributed by atoms with Gasteiger partial charge in [-0.1, -0.05) is 42.5 Å². The predicted octanol–water partition coefficient (Wildman–Crippen LogP) is 3.97. The fraction of sp³-hybridized carbons (Fsp3) is 0.429. The van der Waals surface area contributed by atoms with Crippen LogP contribution < -0.4 is 0 Å². The molecule has 6 heteroatoms. The first kappa shape index (κ1) is 20.0. The molecular weight excluding hydrogens is 365 g/mol. The summed E-state index contributed by atoms with van der Waals surface area (Å²) in [7, 11) is -3.50. The van der Waals surface area contributed by atoms with Gasteiger partial charge in [-0.2, -0.15) is 8.42 Å². The fourth-order valence-corrected chi connectivity index (χ4v) is 4.31. The molecule has 4 nitrogen and oxygen atoms in total. The van der Waals surface area contributed by atoms with Crippen LogP contribution in [0, 0.1) is 11.7 Å². The molecule has 1 heterocycles. The highest BCUT2D eigenvalue weighted by molar-refractivity contribution is 7.85. The Labute approximate surface area is 161 Å². The Balaban J connectivity index is 1.79. The van der Waals surface area contributed by atoms with Gasteiger partial charge in [0.1, 0.15) is 5.82 Å². The van der Waals surface area contributed by atoms with E-state index in [2.05, 4.69) is 24.0 Å². The Morgan fingerprint density at radius 3 is 2.44 bits per heavy atom. The van der Waals surface area contributed by atoms with Crippen molar-refractivity contribution in [2.45, 2.75) is 25.3 Å². The second-order valence-corrected chi connectivity index (χ2v) is 8.92. The molecule has 0 spiro atoms. The number of halogens is 1. The summed E-state index contributed by atoms with van der Waals surface area (Å²) in [5, 5.41) is 0. The van der Waals surface area contributed by atoms with E-state index in [-0.39, 0.29) is 30.3 Å². The molecule has 0 aliphatic carbocycles. The van der Waals surface area contributed by atoms with Crippen molar-refractivity contribution in [3.63, 3.8) is 0 Å². The molecule has 0 bridgehead atoms. The average Bonchev–Trinajstić information content (AvgIpc) is 2.66. The normalized spacial score (nSPS) is 22.5. The van der Waals surface area contributed by atoms with Gasteiger partial charge in [-0.3, -0.25) is 9.08 Å². The first-order valence-electron chi connectivity index (χ1n) is 9.22. The third kappa shape index (κ3) is 5.37. The summed E-state index contributed by atoms with van der Waals surface area (Å²) < 4.78 is 41.5. The van der Waals surface area contributed by atoms with Crippen LogP contribution in [0.3, 0.4) is 0 Å². The van der Waals surface area contributed by atoms with Gasteiger partial charge < -0.3 is 0 Å². The van der Waals surface area contributed by atoms with Crippen molar-refractivity contribution in [2.75, 3.05) is 26.0 Å². The molecule has 1 saturated heterocycles. The van der Waals surface area contributed by atoms with Crippen molar-refractivity contribution < 1.29 is 17.0 Å². The molecule has 0 amide bonds. The van der Waals surface area contributed by atoms with Crippen LogP contribution in [0.2, 0.25) is 0 Å². The van der Waals surface area contributed by atoms with Crippen molar-refractivity contribution in [1.82, 2.24) is 4.90 Å². The number of hydrogen-bond donors (Lipinski definition) is 0. The molecule has 0 radical (unpaired) electrons. The third-order valence-electron chi connectivity index (χ3n) is 5.39. The highest BCUT2D eigenvalue weighted by Crippen LogP contribution is 2.36. The van der Waals surface area contributed by atoms with Crippen LogP contribution in [0.15, 0.2) is 54.6 Å². The SMILES string of the molecule is C[C@@H](c1ccccc1)N1CC[C@@H](c2ccc(F)cc2)[C@H](COS(C)(=O)=O)C1. The zero-order valence-electron chi connectivity index (χ0n) is 15.7. The number of piperidine rings is 1. The van der Waals surface area contributed by atoms with E-state index in [1.165, 1.54) is 17.7 Å². The molecule has 1 aliphatic heterocycles. The van der Waals surface area contributed by atoms with Crippen molar-refractivity contribution >= 4 is 10.1 Å². The number of rotatable bonds is 6. The number of likely N-dealkylation sites (tertiary alicyclic amines) is 1. The van der Waals surface area contributed by atoms with Crippen molar-refractivity contribution in [3.8, 4) is 0 Å². The molecular formula is C21H26FNO3S. The van der Waals surface area contributed by atoms with Crippen LogP contribution >= 0.6 is 0 Å². The molecule has 0 aromatic heterocycles. The van der Waals surface area contributed by atoms with E-state index in [1.54, 1.807) is 12.1 Å². The first-order chi connectivity index (χ1) is 12.8. The third-order valence-corrected chi connectivity index (χ3v) is 5.95. The number of benzene rings is 2. The number of nitrogens with zero attached hydrogens (tertiary/aromatic N) is 1. The minimum atomic E-state index is -3.50. The standard InChI is InChI=1S/C21H26FNO3S/c1-16(17-6-4-3-5-7-17)23-13-12-21(18-8-10-20(22)11-9-18)19(14-23)15-26-27(2,24)25/h3-11,16,19,21H,12-15H2,1-2H3/t16-,19-,21-/m0/s1. The lowest BCUT2D eigenvalue weighted by molar-refractivity contribution is 0.0862. The van der Waals surface area contributed by atoms with Crippen LogP contribution in [0.1, 0.15) is 36.4 Å². The zero-order valence-corrected chi connectivity index (χ0v) is 16.5. The van der Waals surface area contributed by atoms with Crippen LogP contribution in [0.4, 0.5) is 4.39 Å². The maximum atomic E-state index is 13.3. The molecule has 1 fully saturated rings. The van der Waals surface area contributed by atoms with Crippen molar-refractivity contribution in [1.29, 1.82) is 0 Å². The van der Waals surface area contributed by atoms with E-state index in [0.717, 1.165) is 31.3 Å². The molecule has 0 unspecified atom stereocenters. The average molecular weight is 392 g/mol. The largest absolute Gasteiger partial charge is 0.296 e. The van der Waals surface area contributed by atoms with Crippen molar-refractivity contribution in [3.05, 3.63) is 71.5 Å². The Kier molecular flexibility index (Phi) is 6.29. The van der Waals surface area contributed by atoms with Gasteiger partial charge in [0, 0.05) is 18.5 Å². The van der Waals surface area contributed by atoms with Gasteiger partial charge in [0.15, 0.2) is 0 Å². The second-order valence-electron chi connectivity index (χ2n) is 7.28. The Hall–Kier alpha value is -1.76. The summed E-state index contributed by atoms with van der Waals surface area (Å²) in [6.45, 7) is 3.93. The zero-order chi connectivity index (χ0) is 19.4. The van der Waals surface area contributed by atoms with Gasteiger partial charge in [-0.15, -0.1) is 0 Å². The quantitative estimate of drug-likeness (QED) is 0.699. The fourth-order valence-electron chi connectivity index (χ4n) is 3.88. The Morgan fingerprint density at radius 2 is 1.81 bits per heavy atom. The molecule has 2 aromatic rings. The summed E-state index contributed by atoms with van der Waals surface area (Å²) in [6, 6.07) is 17.0. The highest BCUT2D eigenvalue weighted by Gasteiger charge is 2.33. The maximum Gasteiger partial charge on any atom is 0.264 e. The van der Waals surface area contributed by atoms with Gasteiger partial charge in [0.2, 0.25) is 0 Å². The maximum absolute atomic E-state index is 13.3. The van der Waals surface area contributed by atoms with Gasteiger partial charge in [-0.25, -0.2) is 4.39 Å². The van der Waals surface area contributed by atoms with Crippen LogP contribution in [0.25, 0.3) is 0 Å². The summed E-state index contributed by atoms with van der Waals surface area (Å²) in [5.74, 6) is -0.102. The minimum Gasteiger partial charge on any atom is -0.296 e. The molecule has 146 valence electrons. The molecule has 3 atom stereocenters. The van der Waals surface area contributed by atoms with E-state index >= 15 is 0 Å². The second kappa shape index (κ2) is 8.50. The lowest BCUT2D eigenvalue weighted by Crippen LogP contribution is -2.42. The summed E-state index contributed by atoms with van der Waals surface area (Å²) in [6.07, 6.45) is 1.95. The smallest absolute Gasteiger partial charge is 0.264 e. The highest BCUT2D eigenvalue weighted by atomic mass is 32.2. The summed E-state index contributed by atoms with van der Waals surface area (Å²) in [5.41, 5.74) is 2.27. The van der Waals surface area contributed by atoms with E-state index in [1.807, 2.05) is 18.2 Å². The number of hydrogen-bond acceptors (Lipinski definition) is 4. The lowest BCUT2D eigenvalue weighted by Gasteiger charge is -2.41. The first-order valence-corrected chi connectivity index (χ1v) is 11.0. The van der Waals surface area contributed by atoms with Gasteiger partial charge >= 0.3 is 0 Å². The van der Waals surface area contributed by atoms with Crippen molar-refractivity contribution in [2.24, 2.45) is 5.92 Å². The van der Waals surface area contributed by atoms with Gasteiger partial charge in [0.25, 0.3) is 10.1 Å². The summed E-state index contributed by atoms with van der Waals surface area (Å²) >= 11 is 0.